The van der Waals surface area contributed by atoms with Crippen LogP contribution in [0.1, 0.15) is 31.7 Å². The molecule has 0 aliphatic carbocycles. The monoisotopic (exact) mass is 240 g/mol. The summed E-state index contributed by atoms with van der Waals surface area (Å²) in [6, 6.07) is 13.4. The second-order valence-electron chi connectivity index (χ2n) is 5.96. The molecule has 2 aliphatic rings. The molecule has 2 unspecified atom stereocenters. The molecule has 1 aromatic heterocycles. The van der Waals surface area contributed by atoms with E-state index in [1.54, 1.807) is 0 Å². The Kier molecular flexibility index (Phi) is 2.28. The first-order valence-electron chi connectivity index (χ1n) is 7.10. The van der Waals surface area contributed by atoms with Crippen LogP contribution in [0.5, 0.6) is 0 Å². The highest BCUT2D eigenvalue weighted by Gasteiger charge is 2.38. The van der Waals surface area contributed by atoms with E-state index in [0.29, 0.717) is 6.04 Å². The Bertz CT molecular complexity index is 557. The Morgan fingerprint density at radius 3 is 2.44 bits per heavy atom. The molecule has 2 heteroatoms. The molecule has 2 aromatic rings. The van der Waals surface area contributed by atoms with Crippen molar-refractivity contribution in [3.63, 3.8) is 0 Å². The molecule has 0 radical (unpaired) electrons. The molecule has 94 valence electrons. The quantitative estimate of drug-likeness (QED) is 0.741. The predicted octanol–water partition coefficient (Wildman–Crippen LogP) is 3.44. The highest BCUT2D eigenvalue weighted by Crippen LogP contribution is 2.40. The van der Waals surface area contributed by atoms with E-state index >= 15 is 0 Å². The third kappa shape index (κ3) is 1.45. The van der Waals surface area contributed by atoms with E-state index in [4.69, 9.17) is 0 Å². The first-order chi connectivity index (χ1) is 8.83. The number of hydrogen-bond acceptors (Lipinski definition) is 1. The summed E-state index contributed by atoms with van der Waals surface area (Å²) in [4.78, 5) is 2.61. The fourth-order valence-corrected chi connectivity index (χ4v) is 4.03. The van der Waals surface area contributed by atoms with Crippen LogP contribution >= 0.6 is 0 Å². The van der Waals surface area contributed by atoms with Gasteiger partial charge in [0, 0.05) is 29.8 Å². The Labute approximate surface area is 108 Å². The standard InChI is InChI=1S/C16H20N2/c1-17-13-6-7-14(17)11-15(10-13)18-9-8-12-4-2-3-5-16(12)18/h2-5,8-9,13-15H,6-7,10-11H2,1H3. The maximum atomic E-state index is 2.61. The molecule has 2 aliphatic heterocycles. The number of aromatic nitrogens is 1. The number of rotatable bonds is 1. The van der Waals surface area contributed by atoms with Crippen LogP contribution in [0.3, 0.4) is 0 Å². The maximum absolute atomic E-state index is 2.61. The van der Waals surface area contributed by atoms with Gasteiger partial charge in [-0.2, -0.15) is 0 Å². The lowest BCUT2D eigenvalue weighted by Crippen LogP contribution is -2.40. The van der Waals surface area contributed by atoms with E-state index in [-0.39, 0.29) is 0 Å². The van der Waals surface area contributed by atoms with Gasteiger partial charge in [-0.3, -0.25) is 0 Å². The normalized spacial score (nSPS) is 32.2. The van der Waals surface area contributed by atoms with Crippen molar-refractivity contribution in [3.05, 3.63) is 36.5 Å². The number of para-hydroxylation sites is 1. The molecule has 4 rings (SSSR count). The van der Waals surface area contributed by atoms with Gasteiger partial charge in [0.1, 0.15) is 0 Å². The van der Waals surface area contributed by atoms with Gasteiger partial charge in [0.05, 0.1) is 0 Å². The summed E-state index contributed by atoms with van der Waals surface area (Å²) in [7, 11) is 2.31. The highest BCUT2D eigenvalue weighted by molar-refractivity contribution is 5.80. The minimum Gasteiger partial charge on any atom is -0.344 e. The molecule has 0 spiro atoms. The van der Waals surface area contributed by atoms with Crippen molar-refractivity contribution in [1.82, 2.24) is 9.47 Å². The molecule has 0 saturated carbocycles. The van der Waals surface area contributed by atoms with Gasteiger partial charge < -0.3 is 9.47 Å². The maximum Gasteiger partial charge on any atom is 0.0482 e. The zero-order valence-electron chi connectivity index (χ0n) is 10.9. The van der Waals surface area contributed by atoms with Crippen LogP contribution in [-0.2, 0) is 0 Å². The fourth-order valence-electron chi connectivity index (χ4n) is 4.03. The number of piperidine rings is 1. The van der Waals surface area contributed by atoms with Crippen molar-refractivity contribution in [2.75, 3.05) is 7.05 Å². The van der Waals surface area contributed by atoms with Crippen LogP contribution in [0.25, 0.3) is 10.9 Å². The second-order valence-corrected chi connectivity index (χ2v) is 5.96. The van der Waals surface area contributed by atoms with Crippen molar-refractivity contribution in [3.8, 4) is 0 Å². The summed E-state index contributed by atoms with van der Waals surface area (Å²) in [5.74, 6) is 0. The molecule has 2 fully saturated rings. The van der Waals surface area contributed by atoms with E-state index < -0.39 is 0 Å². The van der Waals surface area contributed by atoms with Gasteiger partial charge in [-0.15, -0.1) is 0 Å². The summed E-state index contributed by atoms with van der Waals surface area (Å²) in [5, 5.41) is 1.38. The largest absolute Gasteiger partial charge is 0.344 e. The van der Waals surface area contributed by atoms with Gasteiger partial charge >= 0.3 is 0 Å². The van der Waals surface area contributed by atoms with Gasteiger partial charge in [0.25, 0.3) is 0 Å². The van der Waals surface area contributed by atoms with E-state index in [1.165, 1.54) is 36.6 Å². The van der Waals surface area contributed by atoms with E-state index in [2.05, 4.69) is 53.0 Å². The van der Waals surface area contributed by atoms with Crippen LogP contribution in [0.2, 0.25) is 0 Å². The minimum absolute atomic E-state index is 0.707. The molecule has 1 aromatic carbocycles. The SMILES string of the molecule is CN1C2CCC1CC(n1ccc3ccccc31)C2. The highest BCUT2D eigenvalue weighted by atomic mass is 15.2. The molecule has 2 nitrogen and oxygen atoms in total. The molecular formula is C16H20N2. The van der Waals surface area contributed by atoms with Gasteiger partial charge in [-0.05, 0) is 50.2 Å². The Morgan fingerprint density at radius 2 is 1.67 bits per heavy atom. The summed E-state index contributed by atoms with van der Waals surface area (Å²) in [6.07, 6.45) is 7.74. The van der Waals surface area contributed by atoms with Crippen molar-refractivity contribution in [2.45, 2.75) is 43.8 Å². The third-order valence-electron chi connectivity index (χ3n) is 5.10. The topological polar surface area (TPSA) is 8.17 Å². The first kappa shape index (κ1) is 10.6. The zero-order valence-corrected chi connectivity index (χ0v) is 10.9. The Hall–Kier alpha value is -1.28. The smallest absolute Gasteiger partial charge is 0.0482 e. The predicted molar refractivity (Wildman–Crippen MR) is 74.8 cm³/mol. The van der Waals surface area contributed by atoms with E-state index in [1.807, 2.05) is 0 Å². The van der Waals surface area contributed by atoms with Crippen LogP contribution in [0.15, 0.2) is 36.5 Å². The molecule has 18 heavy (non-hydrogen) atoms. The van der Waals surface area contributed by atoms with Gasteiger partial charge in [0.15, 0.2) is 0 Å². The van der Waals surface area contributed by atoms with Crippen LogP contribution < -0.4 is 0 Å². The number of benzene rings is 1. The van der Waals surface area contributed by atoms with Crippen LogP contribution in [0.4, 0.5) is 0 Å². The summed E-state index contributed by atoms with van der Waals surface area (Å²) >= 11 is 0. The van der Waals surface area contributed by atoms with Gasteiger partial charge in [0.2, 0.25) is 0 Å². The van der Waals surface area contributed by atoms with Gasteiger partial charge in [-0.25, -0.2) is 0 Å². The number of nitrogens with zero attached hydrogens (tertiary/aromatic N) is 2. The van der Waals surface area contributed by atoms with E-state index in [9.17, 15) is 0 Å². The van der Waals surface area contributed by atoms with Crippen molar-refractivity contribution in [2.24, 2.45) is 0 Å². The third-order valence-corrected chi connectivity index (χ3v) is 5.10. The molecule has 0 N–H and O–H groups in total. The molecule has 2 atom stereocenters. The average molecular weight is 240 g/mol. The molecular weight excluding hydrogens is 220 g/mol. The van der Waals surface area contributed by atoms with Crippen LogP contribution in [0, 0.1) is 0 Å². The van der Waals surface area contributed by atoms with Crippen LogP contribution in [-0.4, -0.2) is 28.6 Å². The molecule has 2 bridgehead atoms. The summed E-state index contributed by atoms with van der Waals surface area (Å²) < 4.78 is 2.52. The summed E-state index contributed by atoms with van der Waals surface area (Å²) in [5.41, 5.74) is 1.41. The molecule has 0 amide bonds. The number of fused-ring (bicyclic) bond motifs is 3. The lowest BCUT2D eigenvalue weighted by Gasteiger charge is -2.37. The van der Waals surface area contributed by atoms with Crippen molar-refractivity contribution in [1.29, 1.82) is 0 Å². The zero-order chi connectivity index (χ0) is 12.1. The molecule has 3 heterocycles. The first-order valence-corrected chi connectivity index (χ1v) is 7.10. The van der Waals surface area contributed by atoms with E-state index in [0.717, 1.165) is 12.1 Å². The second kappa shape index (κ2) is 3.86. The Morgan fingerprint density at radius 1 is 0.944 bits per heavy atom. The fraction of sp³-hybridized carbons (Fsp3) is 0.500. The minimum atomic E-state index is 0.707. The van der Waals surface area contributed by atoms with Gasteiger partial charge in [-0.1, -0.05) is 18.2 Å². The van der Waals surface area contributed by atoms with Crippen molar-refractivity contribution < 1.29 is 0 Å². The lowest BCUT2D eigenvalue weighted by molar-refractivity contribution is 0.139. The lowest BCUT2D eigenvalue weighted by atomic mass is 9.97. The average Bonchev–Trinajstić information content (AvgIpc) is 2.88. The molecule has 2 saturated heterocycles. The number of hydrogen-bond donors (Lipinski definition) is 0. The summed E-state index contributed by atoms with van der Waals surface area (Å²) in [6.45, 7) is 0. The van der Waals surface area contributed by atoms with Crippen molar-refractivity contribution >= 4 is 10.9 Å². The Balaban J connectivity index is 1.72.